The third-order valence-electron chi connectivity index (χ3n) is 12.1. The van der Waals surface area contributed by atoms with Crippen LogP contribution in [0.15, 0.2) is 46.6 Å². The van der Waals surface area contributed by atoms with Gasteiger partial charge in [0, 0.05) is 0 Å². The van der Waals surface area contributed by atoms with Gasteiger partial charge in [0.15, 0.2) is 0 Å². The van der Waals surface area contributed by atoms with Crippen LogP contribution in [-0.2, 0) is 20.3 Å². The van der Waals surface area contributed by atoms with Crippen LogP contribution >= 0.6 is 0 Å². The number of hydrogen-bond acceptors (Lipinski definition) is 0. The van der Waals surface area contributed by atoms with E-state index in [1.807, 2.05) is 22.3 Å². The number of hydrogen-bond donors (Lipinski definition) is 0. The molecule has 0 N–H and O–H groups in total. The number of halogens is 2. The second-order valence-corrected chi connectivity index (χ2v) is 27.2. The van der Waals surface area contributed by atoms with Crippen molar-refractivity contribution in [1.82, 2.24) is 0 Å². The summed E-state index contributed by atoms with van der Waals surface area (Å²) in [4.78, 5) is 0. The van der Waals surface area contributed by atoms with Crippen LogP contribution in [0.3, 0.4) is 0 Å². The Hall–Kier alpha value is 0.423. The third-order valence-corrected chi connectivity index (χ3v) is 28.8. The largest absolute Gasteiger partial charge is 1.00 e. The van der Waals surface area contributed by atoms with E-state index in [4.69, 9.17) is 0 Å². The SMILES string of the molecule is CC(C)C1=CC=C(C(C)C)C2C1CC[CH]2[Zr+2]1([CH]2CCC3C(C(C)C)=CC=C(C(C)C)C32)[CH2]CCCC[CH2]1.[Cl-].[Cl-]. The van der Waals surface area contributed by atoms with E-state index in [9.17, 15) is 0 Å². The van der Waals surface area contributed by atoms with Crippen molar-refractivity contribution in [2.24, 2.45) is 47.3 Å². The van der Waals surface area contributed by atoms with Crippen molar-refractivity contribution < 1.29 is 45.1 Å². The van der Waals surface area contributed by atoms with Crippen LogP contribution in [0.25, 0.3) is 0 Å². The topological polar surface area (TPSA) is 0 Å². The van der Waals surface area contributed by atoms with Crippen molar-refractivity contribution in [1.29, 1.82) is 0 Å². The molecule has 0 nitrogen and oxygen atoms in total. The average Bonchev–Trinajstić information content (AvgIpc) is 3.42. The summed E-state index contributed by atoms with van der Waals surface area (Å²) in [5.41, 5.74) is 7.33. The fourth-order valence-corrected chi connectivity index (χ4v) is 29.9. The van der Waals surface area contributed by atoms with Gasteiger partial charge in [-0.1, -0.05) is 0 Å². The summed E-state index contributed by atoms with van der Waals surface area (Å²) in [7, 11) is 0. The van der Waals surface area contributed by atoms with Crippen LogP contribution in [0, 0.1) is 47.3 Å². The number of allylic oxidation sites excluding steroid dienone is 8. The van der Waals surface area contributed by atoms with Gasteiger partial charge in [0.1, 0.15) is 0 Å². The first-order valence-electron chi connectivity index (χ1n) is 16.5. The van der Waals surface area contributed by atoms with Gasteiger partial charge in [-0.05, 0) is 0 Å². The Bertz CT molecular complexity index is 887. The van der Waals surface area contributed by atoms with Crippen molar-refractivity contribution in [2.75, 3.05) is 0 Å². The molecule has 0 bridgehead atoms. The normalized spacial score (nSPS) is 33.1. The van der Waals surface area contributed by atoms with Gasteiger partial charge in [0.25, 0.3) is 0 Å². The monoisotopic (exact) mass is 650 g/mol. The van der Waals surface area contributed by atoms with Crippen LogP contribution in [0.5, 0.6) is 0 Å². The van der Waals surface area contributed by atoms with Gasteiger partial charge >= 0.3 is 236 Å². The molecule has 1 aliphatic heterocycles. The summed E-state index contributed by atoms with van der Waals surface area (Å²) in [5, 5.41) is 0. The molecule has 2 saturated carbocycles. The first kappa shape index (κ1) is 33.9. The molecule has 220 valence electrons. The van der Waals surface area contributed by atoms with Gasteiger partial charge in [-0.3, -0.25) is 0 Å². The van der Waals surface area contributed by atoms with Gasteiger partial charge in [-0.25, -0.2) is 0 Å². The Morgan fingerprint density at radius 3 is 1.15 bits per heavy atom. The zero-order valence-corrected chi connectivity index (χ0v) is 30.4. The molecule has 0 amide bonds. The van der Waals surface area contributed by atoms with E-state index in [-0.39, 0.29) is 24.8 Å². The summed E-state index contributed by atoms with van der Waals surface area (Å²) < 4.78 is 5.63. The molecule has 1 heterocycles. The van der Waals surface area contributed by atoms with E-state index in [0.717, 1.165) is 30.9 Å². The molecule has 5 aliphatic rings. The summed E-state index contributed by atoms with van der Waals surface area (Å²) in [6.07, 6.45) is 22.8. The molecule has 5 rings (SSSR count). The van der Waals surface area contributed by atoms with E-state index in [2.05, 4.69) is 79.7 Å². The quantitative estimate of drug-likeness (QED) is 0.354. The molecular weight excluding hydrogens is 595 g/mol. The molecule has 3 fully saturated rings. The van der Waals surface area contributed by atoms with Gasteiger partial charge in [-0.15, -0.1) is 0 Å². The molecule has 3 heteroatoms. The van der Waals surface area contributed by atoms with Crippen molar-refractivity contribution in [2.45, 2.75) is 122 Å². The van der Waals surface area contributed by atoms with Crippen molar-refractivity contribution >= 4 is 0 Å². The predicted molar refractivity (Wildman–Crippen MR) is 160 cm³/mol. The average molecular weight is 653 g/mol. The zero-order chi connectivity index (χ0) is 26.5. The van der Waals surface area contributed by atoms with E-state index in [0.29, 0.717) is 23.7 Å². The minimum Gasteiger partial charge on any atom is -1.00 e. The second kappa shape index (κ2) is 13.8. The Morgan fingerprint density at radius 1 is 0.487 bits per heavy atom. The summed E-state index contributed by atoms with van der Waals surface area (Å²) in [6.45, 7) is 19.9. The van der Waals surface area contributed by atoms with Gasteiger partial charge in [-0.2, -0.15) is 0 Å². The fraction of sp³-hybridized carbons (Fsp3) is 0.778. The molecule has 6 unspecified atom stereocenters. The van der Waals surface area contributed by atoms with Crippen LogP contribution in [0.1, 0.15) is 107 Å². The maximum absolute atomic E-state index is 2.65. The molecule has 0 radical (unpaired) electrons. The maximum atomic E-state index is 2.65. The molecule has 0 aromatic heterocycles. The number of fused-ring (bicyclic) bond motifs is 2. The van der Waals surface area contributed by atoms with E-state index in [1.165, 1.54) is 25.7 Å². The minimum absolute atomic E-state index is 0. The molecular formula is C36H58Cl2Zr. The Labute approximate surface area is 259 Å². The predicted octanol–water partition coefficient (Wildman–Crippen LogP) is 5.55. The zero-order valence-electron chi connectivity index (χ0n) is 26.4. The summed E-state index contributed by atoms with van der Waals surface area (Å²) in [5.74, 6) is 6.34. The molecule has 0 aromatic carbocycles. The Kier molecular flexibility index (Phi) is 12.0. The van der Waals surface area contributed by atoms with E-state index < -0.39 is 20.3 Å². The van der Waals surface area contributed by atoms with Gasteiger partial charge in [0.2, 0.25) is 0 Å². The third kappa shape index (κ3) is 6.10. The van der Waals surface area contributed by atoms with Gasteiger partial charge < -0.3 is 24.8 Å². The van der Waals surface area contributed by atoms with Crippen LogP contribution in [-0.4, -0.2) is 0 Å². The summed E-state index contributed by atoms with van der Waals surface area (Å²) >= 11 is -2.58. The maximum Gasteiger partial charge on any atom is -1.00 e. The smallest absolute Gasteiger partial charge is 1.00 e. The first-order valence-corrected chi connectivity index (χ1v) is 22.8. The molecule has 0 spiro atoms. The molecule has 6 atom stereocenters. The fourth-order valence-electron chi connectivity index (χ4n) is 10.6. The van der Waals surface area contributed by atoms with Crippen LogP contribution < -0.4 is 24.8 Å². The molecule has 39 heavy (non-hydrogen) atoms. The standard InChI is InChI=1S/2C15H23.C6H12.2ClH.Zr/c2*1-10(2)12-8-9-13(11(3)4)15-7-5-6-14(12)15;1-3-5-6-4-2;;;/h2*6,8-11,14-15H,5,7H2,1-4H3;1-6H2;2*1H;/q;;;;;+2/p-2. The molecule has 4 aliphatic carbocycles. The van der Waals surface area contributed by atoms with E-state index >= 15 is 0 Å². The van der Waals surface area contributed by atoms with Crippen LogP contribution in [0.2, 0.25) is 15.5 Å². The second-order valence-electron chi connectivity index (χ2n) is 15.1. The van der Waals surface area contributed by atoms with E-state index in [1.54, 1.807) is 33.9 Å². The first-order chi connectivity index (χ1) is 17.7. The Balaban J connectivity index is 0.00000210. The van der Waals surface area contributed by atoms with Crippen molar-refractivity contribution in [3.05, 3.63) is 46.6 Å². The summed E-state index contributed by atoms with van der Waals surface area (Å²) in [6, 6.07) is 0. The van der Waals surface area contributed by atoms with Crippen molar-refractivity contribution in [3.63, 3.8) is 0 Å². The minimum atomic E-state index is -2.58. The Morgan fingerprint density at radius 2 is 0.821 bits per heavy atom. The number of rotatable bonds is 6. The molecule has 0 aromatic rings. The van der Waals surface area contributed by atoms with Crippen LogP contribution in [0.4, 0.5) is 0 Å². The van der Waals surface area contributed by atoms with Crippen molar-refractivity contribution in [3.8, 4) is 0 Å². The van der Waals surface area contributed by atoms with Gasteiger partial charge in [0.05, 0.1) is 0 Å². The molecule has 1 saturated heterocycles.